The molecule has 4 heterocycles. The molecule has 1 aromatic carbocycles. The average molecular weight is 546 g/mol. The minimum Gasteiger partial charge on any atom is -0.495 e. The number of aryl methyl sites for hydroxylation is 1. The average Bonchev–Trinajstić information content (AvgIpc) is 3.50. The van der Waals surface area contributed by atoms with Gasteiger partial charge in [-0.15, -0.1) is 11.3 Å². The molecule has 9 nitrogen and oxygen atoms in total. The van der Waals surface area contributed by atoms with Crippen molar-refractivity contribution in [3.05, 3.63) is 47.1 Å². The number of nitrogens with one attached hydrogen (secondary N) is 2. The summed E-state index contributed by atoms with van der Waals surface area (Å²) in [6, 6.07) is 4.03. The van der Waals surface area contributed by atoms with Crippen molar-refractivity contribution in [3.8, 4) is 5.75 Å². The number of benzene rings is 1. The number of thiophene rings is 1. The van der Waals surface area contributed by atoms with Gasteiger partial charge in [-0.05, 0) is 68.6 Å². The number of aromatic nitrogens is 4. The molecule has 7 rings (SSSR count). The summed E-state index contributed by atoms with van der Waals surface area (Å²) in [5.41, 5.74) is 3.13. The predicted molar refractivity (Wildman–Crippen MR) is 155 cm³/mol. The first-order chi connectivity index (χ1) is 19.1. The standard InChI is InChI=1S/C29H35N7O2S/c1-2-38-24-14-22-20(15-32-34-22)13-23(24)33-28-27-21-6-5-19(11-25(21)39-29(27)31-17-30-28)12-26(37)36-9-7-35(8-10-36)16-18-3-4-18/h12-15,17-19,37H,2-11,16H2,1H3,(H,32,34)(H,30,31,33)/b26-12-. The van der Waals surface area contributed by atoms with E-state index in [1.807, 2.05) is 25.3 Å². The lowest BCUT2D eigenvalue weighted by molar-refractivity contribution is 0.108. The van der Waals surface area contributed by atoms with E-state index in [4.69, 9.17) is 4.74 Å². The van der Waals surface area contributed by atoms with E-state index in [1.54, 1.807) is 17.7 Å². The van der Waals surface area contributed by atoms with Gasteiger partial charge in [0.1, 0.15) is 22.7 Å². The van der Waals surface area contributed by atoms with Crippen LogP contribution >= 0.6 is 11.3 Å². The monoisotopic (exact) mass is 545 g/mol. The molecule has 3 N–H and O–H groups in total. The summed E-state index contributed by atoms with van der Waals surface area (Å²) in [5, 5.41) is 23.8. The van der Waals surface area contributed by atoms with E-state index in [-0.39, 0.29) is 0 Å². The van der Waals surface area contributed by atoms with Gasteiger partial charge < -0.3 is 20.1 Å². The number of allylic oxidation sites excluding steroid dienone is 1. The Hall–Kier alpha value is -3.37. The van der Waals surface area contributed by atoms with Crippen LogP contribution in [0.1, 0.15) is 36.6 Å². The normalized spacial score (nSPS) is 20.5. The Kier molecular flexibility index (Phi) is 6.52. The van der Waals surface area contributed by atoms with Crippen LogP contribution in [0.4, 0.5) is 11.5 Å². The van der Waals surface area contributed by atoms with Gasteiger partial charge in [0.05, 0.1) is 29.4 Å². The number of piperazine rings is 1. The molecule has 1 aliphatic heterocycles. The number of aromatic amines is 1. The van der Waals surface area contributed by atoms with E-state index in [0.717, 1.165) is 89.7 Å². The van der Waals surface area contributed by atoms with Gasteiger partial charge in [-0.3, -0.25) is 10.00 Å². The Morgan fingerprint density at radius 1 is 1.21 bits per heavy atom. The van der Waals surface area contributed by atoms with E-state index >= 15 is 0 Å². The summed E-state index contributed by atoms with van der Waals surface area (Å²) in [6.07, 6.45) is 11.2. The minimum absolute atomic E-state index is 0.326. The van der Waals surface area contributed by atoms with Gasteiger partial charge in [-0.1, -0.05) is 0 Å². The molecule has 10 heteroatoms. The molecule has 1 saturated carbocycles. The van der Waals surface area contributed by atoms with Crippen molar-refractivity contribution in [3.63, 3.8) is 0 Å². The molecule has 2 aliphatic carbocycles. The fraction of sp³-hybridized carbons (Fsp3) is 0.483. The molecule has 0 spiro atoms. The van der Waals surface area contributed by atoms with Crippen LogP contribution in [-0.2, 0) is 12.8 Å². The fourth-order valence-electron chi connectivity index (χ4n) is 5.99. The number of nitrogens with zero attached hydrogens (tertiary/aromatic N) is 5. The topological polar surface area (TPSA) is 102 Å². The molecule has 0 radical (unpaired) electrons. The number of ether oxygens (including phenoxy) is 1. The molecular formula is C29H35N7O2S. The quantitative estimate of drug-likeness (QED) is 0.258. The fourth-order valence-corrected chi connectivity index (χ4v) is 7.27. The number of rotatable bonds is 8. The highest BCUT2D eigenvalue weighted by molar-refractivity contribution is 7.19. The Morgan fingerprint density at radius 3 is 2.90 bits per heavy atom. The van der Waals surface area contributed by atoms with Gasteiger partial charge in [0.25, 0.3) is 0 Å². The van der Waals surface area contributed by atoms with Crippen LogP contribution in [0.15, 0.2) is 36.6 Å². The van der Waals surface area contributed by atoms with Crippen molar-refractivity contribution in [2.24, 2.45) is 11.8 Å². The Balaban J connectivity index is 1.10. The van der Waals surface area contributed by atoms with Gasteiger partial charge in [0.2, 0.25) is 0 Å². The molecule has 3 aromatic heterocycles. The Morgan fingerprint density at radius 2 is 2.08 bits per heavy atom. The molecule has 1 saturated heterocycles. The molecule has 3 aliphatic rings. The SMILES string of the molecule is CCOc1cc2[nH]ncc2cc1Nc1ncnc2sc3c(c12)CCC(/C=C(\O)N1CCN(CC2CC2)CC1)C3. The highest BCUT2D eigenvalue weighted by Gasteiger charge is 2.28. The second kappa shape index (κ2) is 10.3. The lowest BCUT2D eigenvalue weighted by Crippen LogP contribution is -2.46. The van der Waals surface area contributed by atoms with Crippen molar-refractivity contribution < 1.29 is 9.84 Å². The van der Waals surface area contributed by atoms with Crippen molar-refractivity contribution in [1.29, 1.82) is 0 Å². The van der Waals surface area contributed by atoms with E-state index in [2.05, 4.69) is 41.4 Å². The van der Waals surface area contributed by atoms with Crippen LogP contribution < -0.4 is 10.1 Å². The maximum absolute atomic E-state index is 11.0. The summed E-state index contributed by atoms with van der Waals surface area (Å²) in [5.74, 6) is 3.27. The van der Waals surface area contributed by atoms with Gasteiger partial charge in [-0.25, -0.2) is 9.97 Å². The van der Waals surface area contributed by atoms with Crippen LogP contribution in [0, 0.1) is 11.8 Å². The molecule has 204 valence electrons. The second-order valence-corrected chi connectivity index (χ2v) is 12.1. The van der Waals surface area contributed by atoms with Crippen molar-refractivity contribution in [1.82, 2.24) is 30.0 Å². The molecule has 0 amide bonds. The number of hydrogen-bond donors (Lipinski definition) is 3. The summed E-state index contributed by atoms with van der Waals surface area (Å²) < 4.78 is 5.93. The molecule has 0 bridgehead atoms. The summed E-state index contributed by atoms with van der Waals surface area (Å²) >= 11 is 1.75. The van der Waals surface area contributed by atoms with E-state index in [9.17, 15) is 5.11 Å². The highest BCUT2D eigenvalue weighted by atomic mass is 32.1. The number of fused-ring (bicyclic) bond motifs is 4. The van der Waals surface area contributed by atoms with Crippen molar-refractivity contribution >= 4 is 44.0 Å². The maximum Gasteiger partial charge on any atom is 0.182 e. The zero-order valence-corrected chi connectivity index (χ0v) is 23.1. The third-order valence-electron chi connectivity index (χ3n) is 8.27. The molecule has 2 fully saturated rings. The zero-order valence-electron chi connectivity index (χ0n) is 22.3. The van der Waals surface area contributed by atoms with Crippen LogP contribution in [0.25, 0.3) is 21.1 Å². The molecule has 39 heavy (non-hydrogen) atoms. The Labute approximate surface area is 231 Å². The van der Waals surface area contributed by atoms with Crippen LogP contribution in [-0.4, -0.2) is 74.4 Å². The Bertz CT molecular complexity index is 1520. The zero-order chi connectivity index (χ0) is 26.3. The molecule has 1 unspecified atom stereocenters. The van der Waals surface area contributed by atoms with Gasteiger partial charge in [-0.2, -0.15) is 5.10 Å². The van der Waals surface area contributed by atoms with Crippen LogP contribution in [0.2, 0.25) is 0 Å². The smallest absolute Gasteiger partial charge is 0.182 e. The maximum atomic E-state index is 11.0. The summed E-state index contributed by atoms with van der Waals surface area (Å²) in [7, 11) is 0. The first kappa shape index (κ1) is 24.7. The molecule has 4 aromatic rings. The number of anilines is 2. The molecule has 1 atom stereocenters. The lowest BCUT2D eigenvalue weighted by atomic mass is 9.87. The van der Waals surface area contributed by atoms with Crippen molar-refractivity contribution in [2.75, 3.05) is 44.6 Å². The predicted octanol–water partition coefficient (Wildman–Crippen LogP) is 5.24. The molecular weight excluding hydrogens is 510 g/mol. The number of aliphatic hydroxyl groups is 1. The van der Waals surface area contributed by atoms with E-state index < -0.39 is 0 Å². The van der Waals surface area contributed by atoms with E-state index in [1.165, 1.54) is 29.8 Å². The van der Waals surface area contributed by atoms with Gasteiger partial charge in [0, 0.05) is 49.1 Å². The van der Waals surface area contributed by atoms with Crippen molar-refractivity contribution in [2.45, 2.75) is 39.0 Å². The first-order valence-corrected chi connectivity index (χ1v) is 15.0. The largest absolute Gasteiger partial charge is 0.495 e. The van der Waals surface area contributed by atoms with Gasteiger partial charge in [0.15, 0.2) is 5.88 Å². The van der Waals surface area contributed by atoms with E-state index in [0.29, 0.717) is 18.4 Å². The third-order valence-corrected chi connectivity index (χ3v) is 9.43. The lowest BCUT2D eigenvalue weighted by Gasteiger charge is -2.35. The highest BCUT2D eigenvalue weighted by Crippen LogP contribution is 2.42. The van der Waals surface area contributed by atoms with Crippen LogP contribution in [0.3, 0.4) is 0 Å². The first-order valence-electron chi connectivity index (χ1n) is 14.1. The third kappa shape index (κ3) is 5.03. The number of aliphatic hydroxyl groups excluding tert-OH is 1. The summed E-state index contributed by atoms with van der Waals surface area (Å²) in [4.78, 5) is 16.3. The second-order valence-electron chi connectivity index (χ2n) is 11.0. The van der Waals surface area contributed by atoms with Crippen LogP contribution in [0.5, 0.6) is 5.75 Å². The number of H-pyrrole nitrogens is 1. The minimum atomic E-state index is 0.326. The number of hydrogen-bond acceptors (Lipinski definition) is 9. The van der Waals surface area contributed by atoms with Gasteiger partial charge >= 0.3 is 0 Å². The summed E-state index contributed by atoms with van der Waals surface area (Å²) in [6.45, 7) is 7.71.